The number of fused-ring (bicyclic) bond motifs is 1. The highest BCUT2D eigenvalue weighted by molar-refractivity contribution is 6.31. The SMILES string of the molecule is CCOC(=O)c1nn2c(c1C)C(=O)N(Cc1ccccc1Cl)CC2. The highest BCUT2D eigenvalue weighted by atomic mass is 35.5. The van der Waals surface area contributed by atoms with Gasteiger partial charge in [-0.1, -0.05) is 29.8 Å². The Balaban J connectivity index is 1.88. The molecule has 0 unspecified atom stereocenters. The number of aromatic nitrogens is 2. The average molecular weight is 348 g/mol. The van der Waals surface area contributed by atoms with Crippen LogP contribution >= 0.6 is 11.6 Å². The largest absolute Gasteiger partial charge is 0.461 e. The summed E-state index contributed by atoms with van der Waals surface area (Å²) in [6.45, 7) is 5.21. The predicted octanol–water partition coefficient (Wildman–Crippen LogP) is 2.68. The minimum absolute atomic E-state index is 0.151. The van der Waals surface area contributed by atoms with E-state index in [1.807, 2.05) is 18.2 Å². The zero-order chi connectivity index (χ0) is 17.3. The van der Waals surface area contributed by atoms with E-state index in [1.54, 1.807) is 29.5 Å². The summed E-state index contributed by atoms with van der Waals surface area (Å²) in [5.74, 6) is -0.649. The van der Waals surface area contributed by atoms with Crippen molar-refractivity contribution in [3.05, 3.63) is 51.8 Å². The predicted molar refractivity (Wildman–Crippen MR) is 89.1 cm³/mol. The lowest BCUT2D eigenvalue weighted by molar-refractivity contribution is 0.0516. The van der Waals surface area contributed by atoms with Crippen molar-refractivity contribution in [3.8, 4) is 0 Å². The fraction of sp³-hybridized carbons (Fsp3) is 0.353. The van der Waals surface area contributed by atoms with Gasteiger partial charge >= 0.3 is 5.97 Å². The van der Waals surface area contributed by atoms with E-state index in [1.165, 1.54) is 0 Å². The quantitative estimate of drug-likeness (QED) is 0.798. The molecule has 0 fully saturated rings. The van der Waals surface area contributed by atoms with Crippen LogP contribution < -0.4 is 0 Å². The van der Waals surface area contributed by atoms with Crippen LogP contribution in [0.15, 0.2) is 24.3 Å². The summed E-state index contributed by atoms with van der Waals surface area (Å²) in [5.41, 5.74) is 2.10. The van der Waals surface area contributed by atoms with Crippen molar-refractivity contribution in [2.24, 2.45) is 0 Å². The normalized spacial score (nSPS) is 13.8. The maximum Gasteiger partial charge on any atom is 0.359 e. The lowest BCUT2D eigenvalue weighted by Crippen LogP contribution is -2.40. The van der Waals surface area contributed by atoms with Crippen LogP contribution in [0, 0.1) is 6.92 Å². The molecular weight excluding hydrogens is 330 g/mol. The van der Waals surface area contributed by atoms with Crippen molar-refractivity contribution in [1.29, 1.82) is 0 Å². The van der Waals surface area contributed by atoms with E-state index in [0.717, 1.165) is 5.56 Å². The number of hydrogen-bond acceptors (Lipinski definition) is 4. The molecule has 0 bridgehead atoms. The maximum absolute atomic E-state index is 12.8. The van der Waals surface area contributed by atoms with E-state index in [9.17, 15) is 9.59 Å². The van der Waals surface area contributed by atoms with Crippen LogP contribution in [0.5, 0.6) is 0 Å². The fourth-order valence-electron chi connectivity index (χ4n) is 2.83. The standard InChI is InChI=1S/C17H18ClN3O3/c1-3-24-17(23)14-11(2)15-16(22)20(8-9-21(15)19-14)10-12-6-4-5-7-13(12)18/h4-7H,3,8-10H2,1-2H3. The zero-order valence-corrected chi connectivity index (χ0v) is 14.3. The molecule has 7 heteroatoms. The van der Waals surface area contributed by atoms with Crippen molar-refractivity contribution in [2.45, 2.75) is 26.9 Å². The fourth-order valence-corrected chi connectivity index (χ4v) is 3.02. The van der Waals surface area contributed by atoms with Crippen molar-refractivity contribution < 1.29 is 14.3 Å². The number of amides is 1. The molecule has 1 aromatic carbocycles. The number of nitrogens with zero attached hydrogens (tertiary/aromatic N) is 3. The summed E-state index contributed by atoms with van der Waals surface area (Å²) in [4.78, 5) is 26.5. The Kier molecular flexibility index (Phi) is 4.57. The van der Waals surface area contributed by atoms with E-state index in [0.29, 0.717) is 35.9 Å². The molecule has 0 radical (unpaired) electrons. The van der Waals surface area contributed by atoms with Gasteiger partial charge in [-0.25, -0.2) is 4.79 Å². The van der Waals surface area contributed by atoms with E-state index >= 15 is 0 Å². The van der Waals surface area contributed by atoms with Crippen molar-refractivity contribution in [3.63, 3.8) is 0 Å². The van der Waals surface area contributed by atoms with E-state index in [4.69, 9.17) is 16.3 Å². The summed E-state index contributed by atoms with van der Waals surface area (Å²) in [7, 11) is 0. The summed E-state index contributed by atoms with van der Waals surface area (Å²) in [5, 5.41) is 4.88. The topological polar surface area (TPSA) is 64.4 Å². The van der Waals surface area contributed by atoms with Crippen molar-refractivity contribution >= 4 is 23.5 Å². The number of benzene rings is 1. The Hall–Kier alpha value is -2.34. The minimum Gasteiger partial charge on any atom is -0.461 e. The monoisotopic (exact) mass is 347 g/mol. The van der Waals surface area contributed by atoms with E-state index < -0.39 is 5.97 Å². The highest BCUT2D eigenvalue weighted by Crippen LogP contribution is 2.23. The number of esters is 1. The molecule has 1 aliphatic rings. The van der Waals surface area contributed by atoms with Crippen LogP contribution in [-0.2, 0) is 17.8 Å². The maximum atomic E-state index is 12.8. The Morgan fingerprint density at radius 2 is 2.08 bits per heavy atom. The second-order valence-electron chi connectivity index (χ2n) is 5.58. The molecule has 0 N–H and O–H groups in total. The molecule has 2 heterocycles. The molecule has 1 aliphatic heterocycles. The molecule has 2 aromatic rings. The van der Waals surface area contributed by atoms with Gasteiger partial charge in [0.05, 0.1) is 13.2 Å². The summed E-state index contributed by atoms with van der Waals surface area (Å²) in [6, 6.07) is 7.46. The van der Waals surface area contributed by atoms with E-state index in [2.05, 4.69) is 5.10 Å². The number of ether oxygens (including phenoxy) is 1. The smallest absolute Gasteiger partial charge is 0.359 e. The Morgan fingerprint density at radius 1 is 1.33 bits per heavy atom. The van der Waals surface area contributed by atoms with Crippen molar-refractivity contribution in [1.82, 2.24) is 14.7 Å². The van der Waals surface area contributed by atoms with Crippen LogP contribution in [0.1, 0.15) is 39.0 Å². The molecule has 3 rings (SSSR count). The first-order valence-electron chi connectivity index (χ1n) is 7.80. The lowest BCUT2D eigenvalue weighted by Gasteiger charge is -2.28. The first kappa shape index (κ1) is 16.5. The highest BCUT2D eigenvalue weighted by Gasteiger charge is 2.31. The molecule has 0 spiro atoms. The van der Waals surface area contributed by atoms with Crippen LogP contribution in [-0.4, -0.2) is 39.7 Å². The second-order valence-corrected chi connectivity index (χ2v) is 5.99. The van der Waals surface area contributed by atoms with Crippen LogP contribution in [0.3, 0.4) is 0 Å². The third kappa shape index (κ3) is 2.89. The van der Waals surface area contributed by atoms with Crippen LogP contribution in [0.2, 0.25) is 5.02 Å². The third-order valence-corrected chi connectivity index (χ3v) is 4.42. The molecular formula is C17H18ClN3O3. The molecule has 0 saturated carbocycles. The van der Waals surface area contributed by atoms with Crippen LogP contribution in [0.4, 0.5) is 0 Å². The van der Waals surface area contributed by atoms with E-state index in [-0.39, 0.29) is 18.2 Å². The molecule has 6 nitrogen and oxygen atoms in total. The minimum atomic E-state index is -0.498. The Labute approximate surface area is 145 Å². The second kappa shape index (κ2) is 6.65. The number of hydrogen-bond donors (Lipinski definition) is 0. The van der Waals surface area contributed by atoms with Crippen LogP contribution in [0.25, 0.3) is 0 Å². The molecule has 1 amide bonds. The molecule has 0 atom stereocenters. The summed E-state index contributed by atoms with van der Waals surface area (Å²) < 4.78 is 6.59. The first-order chi connectivity index (χ1) is 11.5. The van der Waals surface area contributed by atoms with Gasteiger partial charge in [-0.15, -0.1) is 0 Å². The Bertz CT molecular complexity index is 800. The van der Waals surface area contributed by atoms with Gasteiger partial charge in [-0.3, -0.25) is 9.48 Å². The summed E-state index contributed by atoms with van der Waals surface area (Å²) >= 11 is 6.19. The molecule has 126 valence electrons. The Morgan fingerprint density at radius 3 is 2.79 bits per heavy atom. The van der Waals surface area contributed by atoms with Gasteiger partial charge in [0.25, 0.3) is 5.91 Å². The third-order valence-electron chi connectivity index (χ3n) is 4.05. The van der Waals surface area contributed by atoms with Gasteiger partial charge < -0.3 is 9.64 Å². The van der Waals surface area contributed by atoms with Gasteiger partial charge in [-0.2, -0.15) is 5.10 Å². The number of halogens is 1. The first-order valence-corrected chi connectivity index (χ1v) is 8.18. The lowest BCUT2D eigenvalue weighted by atomic mass is 10.1. The van der Waals surface area contributed by atoms with Gasteiger partial charge in [0, 0.05) is 23.7 Å². The van der Waals surface area contributed by atoms with Gasteiger partial charge in [0.1, 0.15) is 5.69 Å². The zero-order valence-electron chi connectivity index (χ0n) is 13.6. The summed E-state index contributed by atoms with van der Waals surface area (Å²) in [6.07, 6.45) is 0. The molecule has 0 saturated heterocycles. The number of carbonyl (C=O) groups is 2. The molecule has 24 heavy (non-hydrogen) atoms. The van der Waals surface area contributed by atoms with Crippen molar-refractivity contribution in [2.75, 3.05) is 13.2 Å². The molecule has 0 aliphatic carbocycles. The van der Waals surface area contributed by atoms with Gasteiger partial charge in [0.2, 0.25) is 0 Å². The molecule has 1 aromatic heterocycles. The van der Waals surface area contributed by atoms with Gasteiger partial charge in [0.15, 0.2) is 5.69 Å². The average Bonchev–Trinajstić information content (AvgIpc) is 2.90. The number of rotatable bonds is 4. The number of carbonyl (C=O) groups excluding carboxylic acids is 2. The van der Waals surface area contributed by atoms with Gasteiger partial charge in [-0.05, 0) is 25.5 Å².